The molecule has 106 valence electrons. The molecule has 2 aliphatic rings. The molecular formula is C17H16N2O2. The third kappa shape index (κ3) is 2.23. The van der Waals surface area contributed by atoms with Crippen LogP contribution >= 0.6 is 0 Å². The molecule has 3 atom stereocenters. The fourth-order valence-electron chi connectivity index (χ4n) is 3.01. The van der Waals surface area contributed by atoms with E-state index < -0.39 is 5.54 Å². The lowest BCUT2D eigenvalue weighted by Crippen LogP contribution is -2.36. The average molecular weight is 280 g/mol. The number of hydrogen-bond donors (Lipinski definition) is 2. The van der Waals surface area contributed by atoms with Crippen molar-refractivity contribution in [1.82, 2.24) is 0 Å². The van der Waals surface area contributed by atoms with Crippen LogP contribution in [0.2, 0.25) is 0 Å². The van der Waals surface area contributed by atoms with E-state index in [1.54, 1.807) is 18.2 Å². The molecule has 0 saturated heterocycles. The summed E-state index contributed by atoms with van der Waals surface area (Å²) < 4.78 is 0. The van der Waals surface area contributed by atoms with Gasteiger partial charge in [0.1, 0.15) is 11.8 Å². The number of carbonyl (C=O) groups excluding carboxylic acids is 2. The number of benzene rings is 1. The number of aldehydes is 1. The fraction of sp³-hybridized carbons (Fsp3) is 0.176. The van der Waals surface area contributed by atoms with E-state index in [1.165, 1.54) is 0 Å². The Bertz CT molecular complexity index is 702. The van der Waals surface area contributed by atoms with Crippen LogP contribution in [0.1, 0.15) is 23.0 Å². The SMILES string of the molecule is NC(=O)C1c2cccc(c2)C1C1=CC=CC(N)(C=O)C=C1. The van der Waals surface area contributed by atoms with Gasteiger partial charge >= 0.3 is 0 Å². The molecule has 4 heteroatoms. The zero-order chi connectivity index (χ0) is 15.0. The maximum absolute atomic E-state index is 11.8. The summed E-state index contributed by atoms with van der Waals surface area (Å²) in [6.45, 7) is 0. The summed E-state index contributed by atoms with van der Waals surface area (Å²) in [7, 11) is 0. The minimum absolute atomic E-state index is 0.123. The number of hydrogen-bond acceptors (Lipinski definition) is 3. The molecule has 1 amide bonds. The van der Waals surface area contributed by atoms with Crippen LogP contribution in [0.5, 0.6) is 0 Å². The normalized spacial score (nSPS) is 29.9. The summed E-state index contributed by atoms with van der Waals surface area (Å²) in [5.41, 5.74) is 13.3. The molecule has 0 radical (unpaired) electrons. The molecular weight excluding hydrogens is 264 g/mol. The molecule has 2 aliphatic carbocycles. The minimum Gasteiger partial charge on any atom is -0.369 e. The summed E-state index contributed by atoms with van der Waals surface area (Å²) in [6, 6.07) is 7.82. The number of amides is 1. The van der Waals surface area contributed by atoms with E-state index in [1.807, 2.05) is 36.4 Å². The maximum atomic E-state index is 11.8. The molecule has 3 rings (SSSR count). The van der Waals surface area contributed by atoms with Gasteiger partial charge in [0.05, 0.1) is 5.92 Å². The molecule has 1 aromatic rings. The highest BCUT2D eigenvalue weighted by molar-refractivity contribution is 5.86. The van der Waals surface area contributed by atoms with Crippen molar-refractivity contribution in [2.75, 3.05) is 0 Å². The topological polar surface area (TPSA) is 86.2 Å². The molecule has 4 nitrogen and oxygen atoms in total. The van der Waals surface area contributed by atoms with Gasteiger partial charge in [0.15, 0.2) is 0 Å². The Morgan fingerprint density at radius 2 is 2.00 bits per heavy atom. The molecule has 0 saturated carbocycles. The van der Waals surface area contributed by atoms with Crippen LogP contribution in [-0.2, 0) is 9.59 Å². The number of carbonyl (C=O) groups is 2. The van der Waals surface area contributed by atoms with Crippen LogP contribution in [0.3, 0.4) is 0 Å². The van der Waals surface area contributed by atoms with Crippen LogP contribution in [-0.4, -0.2) is 17.7 Å². The predicted octanol–water partition coefficient (Wildman–Crippen LogP) is 1.30. The Hall–Kier alpha value is -2.46. The van der Waals surface area contributed by atoms with E-state index in [4.69, 9.17) is 11.5 Å². The van der Waals surface area contributed by atoms with Crippen molar-refractivity contribution in [2.45, 2.75) is 17.4 Å². The first-order valence-corrected chi connectivity index (χ1v) is 6.77. The molecule has 4 N–H and O–H groups in total. The van der Waals surface area contributed by atoms with Gasteiger partial charge in [-0.3, -0.25) is 4.79 Å². The zero-order valence-electron chi connectivity index (χ0n) is 11.4. The van der Waals surface area contributed by atoms with E-state index in [0.717, 1.165) is 16.7 Å². The van der Waals surface area contributed by atoms with Crippen LogP contribution in [0.15, 0.2) is 60.2 Å². The van der Waals surface area contributed by atoms with E-state index in [-0.39, 0.29) is 17.7 Å². The van der Waals surface area contributed by atoms with Crippen LogP contribution in [0, 0.1) is 0 Å². The highest BCUT2D eigenvalue weighted by Gasteiger charge is 2.36. The Kier molecular flexibility index (Phi) is 3.11. The van der Waals surface area contributed by atoms with Crippen molar-refractivity contribution in [1.29, 1.82) is 0 Å². The quantitative estimate of drug-likeness (QED) is 0.818. The van der Waals surface area contributed by atoms with E-state index in [2.05, 4.69) is 0 Å². The first kappa shape index (κ1) is 13.5. The van der Waals surface area contributed by atoms with Crippen molar-refractivity contribution >= 4 is 12.2 Å². The Labute approximate surface area is 122 Å². The second kappa shape index (κ2) is 4.82. The molecule has 3 unspecified atom stereocenters. The third-order valence-corrected chi connectivity index (χ3v) is 4.07. The second-order valence-corrected chi connectivity index (χ2v) is 5.50. The molecule has 1 aromatic carbocycles. The molecule has 0 aromatic heterocycles. The standard InChI is InChI=1S/C17H16N2O2/c18-16(21)15-13-4-1-3-12(9-13)14(15)11-5-2-7-17(19,10-20)8-6-11/h1-10,14-15H,19H2,(H2,18,21). The monoisotopic (exact) mass is 280 g/mol. The van der Waals surface area contributed by atoms with Gasteiger partial charge in [0, 0.05) is 5.92 Å². The Balaban J connectivity index is 2.02. The van der Waals surface area contributed by atoms with Crippen LogP contribution in [0.4, 0.5) is 0 Å². The third-order valence-electron chi connectivity index (χ3n) is 4.07. The summed E-state index contributed by atoms with van der Waals surface area (Å²) in [6.07, 6.45) is 9.41. The van der Waals surface area contributed by atoms with Crippen molar-refractivity contribution in [3.8, 4) is 0 Å². The number of fused-ring (bicyclic) bond motifs is 2. The minimum atomic E-state index is -1.10. The highest BCUT2D eigenvalue weighted by atomic mass is 16.1. The van der Waals surface area contributed by atoms with Crippen molar-refractivity contribution in [3.05, 3.63) is 71.3 Å². The van der Waals surface area contributed by atoms with Gasteiger partial charge in [-0.05, 0) is 16.7 Å². The summed E-state index contributed by atoms with van der Waals surface area (Å²) in [5.74, 6) is -0.846. The summed E-state index contributed by atoms with van der Waals surface area (Å²) in [4.78, 5) is 22.9. The lowest BCUT2D eigenvalue weighted by Gasteiger charge is -2.20. The lowest BCUT2D eigenvalue weighted by molar-refractivity contribution is -0.119. The maximum Gasteiger partial charge on any atom is 0.225 e. The van der Waals surface area contributed by atoms with Crippen molar-refractivity contribution < 1.29 is 9.59 Å². The molecule has 0 fully saturated rings. The van der Waals surface area contributed by atoms with Gasteiger partial charge in [0.25, 0.3) is 0 Å². The van der Waals surface area contributed by atoms with E-state index in [9.17, 15) is 9.59 Å². The van der Waals surface area contributed by atoms with E-state index in [0.29, 0.717) is 6.29 Å². The van der Waals surface area contributed by atoms with Crippen LogP contribution in [0.25, 0.3) is 0 Å². The second-order valence-electron chi connectivity index (χ2n) is 5.50. The largest absolute Gasteiger partial charge is 0.369 e. The predicted molar refractivity (Wildman–Crippen MR) is 80.5 cm³/mol. The lowest BCUT2D eigenvalue weighted by atomic mass is 9.83. The van der Waals surface area contributed by atoms with Gasteiger partial charge in [0.2, 0.25) is 5.91 Å². The van der Waals surface area contributed by atoms with Crippen molar-refractivity contribution in [3.63, 3.8) is 0 Å². The van der Waals surface area contributed by atoms with Crippen molar-refractivity contribution in [2.24, 2.45) is 11.5 Å². The first-order chi connectivity index (χ1) is 10.0. The zero-order valence-corrected chi connectivity index (χ0v) is 11.4. The number of primary amides is 1. The van der Waals surface area contributed by atoms with E-state index >= 15 is 0 Å². The van der Waals surface area contributed by atoms with Gasteiger partial charge in [-0.15, -0.1) is 0 Å². The molecule has 21 heavy (non-hydrogen) atoms. The smallest absolute Gasteiger partial charge is 0.225 e. The first-order valence-electron chi connectivity index (χ1n) is 6.77. The summed E-state index contributed by atoms with van der Waals surface area (Å²) in [5, 5.41) is 0. The van der Waals surface area contributed by atoms with Gasteiger partial charge in [-0.2, -0.15) is 0 Å². The Morgan fingerprint density at radius 1 is 1.24 bits per heavy atom. The molecule has 0 spiro atoms. The molecule has 0 heterocycles. The number of allylic oxidation sites excluding steroid dienone is 4. The van der Waals surface area contributed by atoms with Gasteiger partial charge in [-0.1, -0.05) is 54.6 Å². The van der Waals surface area contributed by atoms with Crippen LogP contribution < -0.4 is 11.5 Å². The van der Waals surface area contributed by atoms with Gasteiger partial charge < -0.3 is 16.3 Å². The molecule has 2 bridgehead atoms. The highest BCUT2D eigenvalue weighted by Crippen LogP contribution is 2.45. The Morgan fingerprint density at radius 3 is 2.71 bits per heavy atom. The number of nitrogens with two attached hydrogens (primary N) is 2. The average Bonchev–Trinajstić information content (AvgIpc) is 2.61. The number of rotatable bonds is 3. The van der Waals surface area contributed by atoms with Gasteiger partial charge in [-0.25, -0.2) is 0 Å². The fourth-order valence-corrected chi connectivity index (χ4v) is 3.01. The molecule has 0 aliphatic heterocycles. The summed E-state index contributed by atoms with van der Waals surface area (Å²) >= 11 is 0.